The molecule has 0 aliphatic carbocycles. The van der Waals surface area contributed by atoms with E-state index in [-0.39, 0.29) is 18.6 Å². The number of fused-ring (bicyclic) bond motifs is 1. The zero-order valence-electron chi connectivity index (χ0n) is 12.4. The summed E-state index contributed by atoms with van der Waals surface area (Å²) >= 11 is 1.36. The van der Waals surface area contributed by atoms with Crippen LogP contribution >= 0.6 is 11.3 Å². The van der Waals surface area contributed by atoms with Crippen LogP contribution in [0.5, 0.6) is 0 Å². The first kappa shape index (κ1) is 15.7. The molecular formula is C15H21N3O2S. The summed E-state index contributed by atoms with van der Waals surface area (Å²) in [5.41, 5.74) is 6.64. The quantitative estimate of drug-likeness (QED) is 0.859. The Labute approximate surface area is 128 Å². The molecule has 0 radical (unpaired) electrons. The molecule has 0 unspecified atom stereocenters. The van der Waals surface area contributed by atoms with Crippen LogP contribution < -0.4 is 5.73 Å². The van der Waals surface area contributed by atoms with Crippen LogP contribution in [-0.2, 0) is 0 Å². The van der Waals surface area contributed by atoms with E-state index < -0.39 is 0 Å². The van der Waals surface area contributed by atoms with Crippen LogP contribution in [0.3, 0.4) is 0 Å². The number of nitrogen functional groups attached to an aromatic ring is 1. The summed E-state index contributed by atoms with van der Waals surface area (Å²) in [6, 6.07) is 1.94. The maximum Gasteiger partial charge on any atom is 0.266 e. The SMILES string of the molecule is CCC(CC)N(CCO)C(=O)c1sc2cnccc2c1N. The second-order valence-electron chi connectivity index (χ2n) is 4.91. The summed E-state index contributed by atoms with van der Waals surface area (Å²) in [4.78, 5) is 19.1. The maximum atomic E-state index is 12.8. The molecule has 21 heavy (non-hydrogen) atoms. The van der Waals surface area contributed by atoms with E-state index in [1.165, 1.54) is 11.3 Å². The lowest BCUT2D eigenvalue weighted by Gasteiger charge is -2.29. The van der Waals surface area contributed by atoms with E-state index in [2.05, 4.69) is 4.98 Å². The van der Waals surface area contributed by atoms with Crippen LogP contribution in [-0.4, -0.2) is 40.1 Å². The Morgan fingerprint density at radius 3 is 2.76 bits per heavy atom. The Morgan fingerprint density at radius 1 is 1.48 bits per heavy atom. The van der Waals surface area contributed by atoms with Crippen molar-refractivity contribution in [1.29, 1.82) is 0 Å². The molecule has 0 bridgehead atoms. The Kier molecular flexibility index (Phi) is 5.14. The van der Waals surface area contributed by atoms with E-state index in [1.54, 1.807) is 17.3 Å². The fourth-order valence-corrected chi connectivity index (χ4v) is 3.59. The van der Waals surface area contributed by atoms with Crippen molar-refractivity contribution >= 4 is 33.0 Å². The zero-order chi connectivity index (χ0) is 15.4. The third-order valence-corrected chi connectivity index (χ3v) is 4.85. The normalized spacial score (nSPS) is 11.2. The van der Waals surface area contributed by atoms with Crippen LogP contribution in [0, 0.1) is 0 Å². The van der Waals surface area contributed by atoms with E-state index in [4.69, 9.17) is 5.73 Å². The number of anilines is 1. The molecule has 0 aromatic carbocycles. The molecule has 6 heteroatoms. The predicted molar refractivity (Wildman–Crippen MR) is 86.5 cm³/mol. The van der Waals surface area contributed by atoms with Crippen LogP contribution in [0.1, 0.15) is 36.4 Å². The summed E-state index contributed by atoms with van der Waals surface area (Å²) in [5.74, 6) is -0.101. The van der Waals surface area contributed by atoms with Crippen molar-refractivity contribution in [3.8, 4) is 0 Å². The van der Waals surface area contributed by atoms with Gasteiger partial charge in [-0.05, 0) is 18.9 Å². The molecule has 5 nitrogen and oxygen atoms in total. The van der Waals surface area contributed by atoms with E-state index in [1.807, 2.05) is 19.9 Å². The molecule has 0 spiro atoms. The van der Waals surface area contributed by atoms with Gasteiger partial charge in [-0.2, -0.15) is 0 Å². The van der Waals surface area contributed by atoms with Gasteiger partial charge in [0.15, 0.2) is 0 Å². The number of hydrogen-bond donors (Lipinski definition) is 2. The number of aromatic nitrogens is 1. The molecule has 0 aliphatic rings. The van der Waals surface area contributed by atoms with Gasteiger partial charge in [0.1, 0.15) is 4.88 Å². The highest BCUT2D eigenvalue weighted by Crippen LogP contribution is 2.34. The maximum absolute atomic E-state index is 12.8. The lowest BCUT2D eigenvalue weighted by Crippen LogP contribution is -2.41. The van der Waals surface area contributed by atoms with Gasteiger partial charge >= 0.3 is 0 Å². The number of hydrogen-bond acceptors (Lipinski definition) is 5. The van der Waals surface area contributed by atoms with Crippen LogP contribution in [0.4, 0.5) is 5.69 Å². The Morgan fingerprint density at radius 2 is 2.19 bits per heavy atom. The van der Waals surface area contributed by atoms with E-state index in [0.717, 1.165) is 22.9 Å². The van der Waals surface area contributed by atoms with Crippen LogP contribution in [0.2, 0.25) is 0 Å². The van der Waals surface area contributed by atoms with Crippen LogP contribution in [0.15, 0.2) is 18.5 Å². The fraction of sp³-hybridized carbons (Fsp3) is 0.467. The summed E-state index contributed by atoms with van der Waals surface area (Å²) in [6.07, 6.45) is 5.11. The van der Waals surface area contributed by atoms with Gasteiger partial charge in [0.05, 0.1) is 17.0 Å². The van der Waals surface area contributed by atoms with Crippen molar-refractivity contribution in [2.75, 3.05) is 18.9 Å². The minimum atomic E-state index is -0.101. The zero-order valence-corrected chi connectivity index (χ0v) is 13.2. The monoisotopic (exact) mass is 307 g/mol. The van der Waals surface area contributed by atoms with Crippen molar-refractivity contribution in [3.05, 3.63) is 23.3 Å². The van der Waals surface area contributed by atoms with Gasteiger partial charge in [0.25, 0.3) is 5.91 Å². The number of carbonyl (C=O) groups is 1. The molecule has 114 valence electrons. The number of amides is 1. The number of nitrogens with two attached hydrogens (primary N) is 1. The summed E-state index contributed by atoms with van der Waals surface area (Å²) in [7, 11) is 0. The van der Waals surface area contributed by atoms with Crippen molar-refractivity contribution in [2.24, 2.45) is 0 Å². The summed E-state index contributed by atoms with van der Waals surface area (Å²) in [5, 5.41) is 10.1. The van der Waals surface area contributed by atoms with Crippen molar-refractivity contribution < 1.29 is 9.90 Å². The van der Waals surface area contributed by atoms with Crippen molar-refractivity contribution in [3.63, 3.8) is 0 Å². The highest BCUT2D eigenvalue weighted by atomic mass is 32.1. The first-order chi connectivity index (χ1) is 10.1. The van der Waals surface area contributed by atoms with E-state index in [0.29, 0.717) is 17.1 Å². The summed E-state index contributed by atoms with van der Waals surface area (Å²) < 4.78 is 0.909. The van der Waals surface area contributed by atoms with Crippen LogP contribution in [0.25, 0.3) is 10.1 Å². The number of aliphatic hydroxyl groups is 1. The number of pyridine rings is 1. The molecule has 0 saturated carbocycles. The second-order valence-corrected chi connectivity index (χ2v) is 5.96. The van der Waals surface area contributed by atoms with Crippen molar-refractivity contribution in [1.82, 2.24) is 9.88 Å². The summed E-state index contributed by atoms with van der Waals surface area (Å²) in [6.45, 7) is 4.37. The van der Waals surface area contributed by atoms with Gasteiger partial charge in [-0.1, -0.05) is 13.8 Å². The number of carbonyl (C=O) groups excluding carboxylic acids is 1. The number of rotatable bonds is 6. The largest absolute Gasteiger partial charge is 0.397 e. The molecule has 3 N–H and O–H groups in total. The van der Waals surface area contributed by atoms with Gasteiger partial charge in [-0.3, -0.25) is 9.78 Å². The van der Waals surface area contributed by atoms with Gasteiger partial charge in [-0.25, -0.2) is 0 Å². The molecule has 1 amide bonds. The average molecular weight is 307 g/mol. The molecular weight excluding hydrogens is 286 g/mol. The highest BCUT2D eigenvalue weighted by Gasteiger charge is 2.26. The lowest BCUT2D eigenvalue weighted by molar-refractivity contribution is 0.0628. The third-order valence-electron chi connectivity index (χ3n) is 3.71. The molecule has 2 aromatic heterocycles. The van der Waals surface area contributed by atoms with Gasteiger partial charge in [0, 0.05) is 30.4 Å². The van der Waals surface area contributed by atoms with Gasteiger partial charge in [-0.15, -0.1) is 11.3 Å². The van der Waals surface area contributed by atoms with Gasteiger partial charge < -0.3 is 15.7 Å². The first-order valence-corrected chi connectivity index (χ1v) is 7.99. The van der Waals surface area contributed by atoms with Gasteiger partial charge in [0.2, 0.25) is 0 Å². The standard InChI is InChI=1S/C15H21N3O2S/c1-3-10(4-2)18(7-8-19)15(20)14-13(16)11-5-6-17-9-12(11)21-14/h5-6,9-10,19H,3-4,7-8,16H2,1-2H3. The third kappa shape index (κ3) is 3.01. The number of nitrogens with zero attached hydrogens (tertiary/aromatic N) is 2. The molecule has 0 saturated heterocycles. The predicted octanol–water partition coefficient (Wildman–Crippen LogP) is 2.50. The molecule has 0 fully saturated rings. The molecule has 2 heterocycles. The molecule has 2 rings (SSSR count). The molecule has 2 aromatic rings. The molecule has 0 aliphatic heterocycles. The second kappa shape index (κ2) is 6.87. The number of thiophene rings is 1. The van der Waals surface area contributed by atoms with E-state index in [9.17, 15) is 9.90 Å². The Balaban J connectivity index is 2.40. The molecule has 0 atom stereocenters. The van der Waals surface area contributed by atoms with Crippen molar-refractivity contribution in [2.45, 2.75) is 32.7 Å². The fourth-order valence-electron chi connectivity index (χ4n) is 2.55. The topological polar surface area (TPSA) is 79.5 Å². The Bertz CT molecular complexity index is 622. The number of aliphatic hydroxyl groups excluding tert-OH is 1. The average Bonchev–Trinajstić information content (AvgIpc) is 2.84. The minimum absolute atomic E-state index is 0.0470. The highest BCUT2D eigenvalue weighted by molar-refractivity contribution is 7.21. The smallest absolute Gasteiger partial charge is 0.266 e. The minimum Gasteiger partial charge on any atom is -0.397 e. The lowest BCUT2D eigenvalue weighted by atomic mass is 10.1. The Hall–Kier alpha value is -1.66. The first-order valence-electron chi connectivity index (χ1n) is 7.17. The van der Waals surface area contributed by atoms with E-state index >= 15 is 0 Å².